The molecule has 0 bridgehead atoms. The second kappa shape index (κ2) is 7.66. The van der Waals surface area contributed by atoms with E-state index >= 15 is 0 Å². The first-order valence-electron chi connectivity index (χ1n) is 4.12. The Labute approximate surface area is 155 Å². The van der Waals surface area contributed by atoms with E-state index in [0.717, 1.165) is 0 Å². The Morgan fingerprint density at radius 2 is 0.684 bits per heavy atom. The predicted octanol–water partition coefficient (Wildman–Crippen LogP) is 4.53. The zero-order valence-corrected chi connectivity index (χ0v) is 16.1. The minimum atomic E-state index is -2.53. The van der Waals surface area contributed by atoms with Crippen molar-refractivity contribution in [2.45, 2.75) is 28.9 Å². The monoisotopic (exact) mass is 472 g/mol. The summed E-state index contributed by atoms with van der Waals surface area (Å²) in [5.74, 6) is -5.74. The van der Waals surface area contributed by atoms with Crippen molar-refractivity contribution in [1.29, 1.82) is 0 Å². The topological polar surface area (TPSA) is 60.7 Å². The van der Waals surface area contributed by atoms with E-state index in [1.165, 1.54) is 0 Å². The lowest BCUT2D eigenvalue weighted by Crippen LogP contribution is -2.41. The zero-order valence-electron chi connectivity index (χ0n) is 8.42. The van der Waals surface area contributed by atoms with Crippen LogP contribution >= 0.6 is 112 Å². The van der Waals surface area contributed by atoms with Gasteiger partial charge in [-0.05, 0) is 7.92 Å². The lowest BCUT2D eigenvalue weighted by atomic mass is 10.8. The minimum absolute atomic E-state index is 1.91. The molecule has 116 valence electrons. The third-order valence-electron chi connectivity index (χ3n) is 1.73. The highest BCUT2D eigenvalue weighted by Crippen LogP contribution is 2.63. The number of aliphatic hydroxyl groups is 3. The SMILES string of the molecule is OC(P(C(O)C(Cl)(Cl)Cl)C(O)C(Cl)(Cl)Cl)C(Cl)(Cl)Cl. The fourth-order valence-electron chi connectivity index (χ4n) is 0.908. The van der Waals surface area contributed by atoms with E-state index in [9.17, 15) is 15.3 Å². The lowest BCUT2D eigenvalue weighted by Gasteiger charge is -2.39. The van der Waals surface area contributed by atoms with E-state index in [4.69, 9.17) is 104 Å². The predicted molar refractivity (Wildman–Crippen MR) is 85.8 cm³/mol. The molecule has 0 amide bonds. The molecule has 0 aromatic rings. The standard InChI is InChI=1S/C6H6Cl9O3P/c7-4(8,9)1(16)19(2(17)5(10,11)12)3(18)6(13,14)15/h1-3,16-18H. The van der Waals surface area contributed by atoms with Crippen LogP contribution in [0.1, 0.15) is 0 Å². The molecule has 0 fully saturated rings. The molecule has 3 N–H and O–H groups in total. The summed E-state index contributed by atoms with van der Waals surface area (Å²) >= 11 is 49.3. The van der Waals surface area contributed by atoms with Gasteiger partial charge in [0.25, 0.3) is 0 Å². The van der Waals surface area contributed by atoms with Gasteiger partial charge in [-0.3, -0.25) is 0 Å². The van der Waals surface area contributed by atoms with Crippen LogP contribution in [0.4, 0.5) is 0 Å². The molecule has 0 aromatic carbocycles. The zero-order chi connectivity index (χ0) is 15.8. The summed E-state index contributed by atoms with van der Waals surface area (Å²) in [5, 5.41) is 29.6. The fraction of sp³-hybridized carbons (Fsp3) is 1.00. The average Bonchev–Trinajstić information content (AvgIpc) is 2.13. The largest absolute Gasteiger partial charge is 0.384 e. The Morgan fingerprint density at radius 3 is 0.789 bits per heavy atom. The van der Waals surface area contributed by atoms with Gasteiger partial charge in [-0.15, -0.1) is 0 Å². The summed E-state index contributed by atoms with van der Waals surface area (Å²) in [6.45, 7) is 0. The molecule has 0 spiro atoms. The Bertz CT molecular complexity index is 250. The number of rotatable bonds is 3. The van der Waals surface area contributed by atoms with Gasteiger partial charge in [-0.1, -0.05) is 104 Å². The number of hydrogen-bond acceptors (Lipinski definition) is 3. The smallest absolute Gasteiger partial charge is 0.220 e. The van der Waals surface area contributed by atoms with E-state index in [1.807, 2.05) is 0 Å². The van der Waals surface area contributed by atoms with Crippen molar-refractivity contribution in [1.82, 2.24) is 0 Å². The Morgan fingerprint density at radius 1 is 0.526 bits per heavy atom. The molecule has 13 heteroatoms. The Balaban J connectivity index is 5.52. The maximum Gasteiger partial charge on any atom is 0.220 e. The molecular weight excluding hydrogens is 470 g/mol. The molecule has 0 aliphatic heterocycles. The average molecular weight is 476 g/mol. The van der Waals surface area contributed by atoms with Crippen LogP contribution in [0.5, 0.6) is 0 Å². The highest BCUT2D eigenvalue weighted by Gasteiger charge is 2.54. The van der Waals surface area contributed by atoms with Crippen LogP contribution in [0.3, 0.4) is 0 Å². The summed E-state index contributed by atoms with van der Waals surface area (Å²) in [7, 11) is -2.53. The van der Waals surface area contributed by atoms with E-state index in [2.05, 4.69) is 0 Å². The van der Waals surface area contributed by atoms with E-state index in [1.54, 1.807) is 0 Å². The van der Waals surface area contributed by atoms with Crippen LogP contribution in [0, 0.1) is 0 Å². The molecule has 0 aromatic heterocycles. The van der Waals surface area contributed by atoms with Crippen molar-refractivity contribution in [2.24, 2.45) is 0 Å². The molecule has 19 heavy (non-hydrogen) atoms. The molecule has 0 saturated heterocycles. The van der Waals surface area contributed by atoms with Gasteiger partial charge in [-0.25, -0.2) is 0 Å². The molecule has 0 radical (unpaired) electrons. The van der Waals surface area contributed by atoms with E-state index < -0.39 is 36.8 Å². The maximum atomic E-state index is 9.87. The van der Waals surface area contributed by atoms with Crippen LogP contribution in [0.15, 0.2) is 0 Å². The molecule has 3 unspecified atom stereocenters. The van der Waals surface area contributed by atoms with Crippen molar-refractivity contribution in [3.63, 3.8) is 0 Å². The fourth-order valence-corrected chi connectivity index (χ4v) is 5.77. The Kier molecular flexibility index (Phi) is 8.84. The summed E-state index contributed by atoms with van der Waals surface area (Å²) in [4.78, 5) is 0. The molecular formula is C6H6Cl9O3P. The summed E-state index contributed by atoms with van der Waals surface area (Å²) in [5.41, 5.74) is 0. The van der Waals surface area contributed by atoms with E-state index in [-0.39, 0.29) is 0 Å². The van der Waals surface area contributed by atoms with Crippen molar-refractivity contribution in [2.75, 3.05) is 0 Å². The minimum Gasteiger partial charge on any atom is -0.384 e. The number of hydrogen-bond donors (Lipinski definition) is 3. The van der Waals surface area contributed by atoms with Gasteiger partial charge >= 0.3 is 0 Å². The van der Waals surface area contributed by atoms with Gasteiger partial charge in [0.15, 0.2) is 0 Å². The van der Waals surface area contributed by atoms with E-state index in [0.29, 0.717) is 0 Å². The van der Waals surface area contributed by atoms with Gasteiger partial charge in [0.1, 0.15) is 17.5 Å². The number of halogens is 9. The van der Waals surface area contributed by atoms with Crippen molar-refractivity contribution in [3.8, 4) is 0 Å². The molecule has 0 rings (SSSR count). The normalized spacial score (nSPS) is 20.8. The first-order chi connectivity index (χ1) is 8.10. The molecule has 0 aliphatic rings. The maximum absolute atomic E-state index is 9.87. The highest BCUT2D eigenvalue weighted by molar-refractivity contribution is 7.60. The number of alkyl halides is 9. The van der Waals surface area contributed by atoms with Crippen LogP contribution < -0.4 is 0 Å². The molecule has 0 saturated carbocycles. The third kappa shape index (κ3) is 6.91. The van der Waals surface area contributed by atoms with Crippen LogP contribution in [0.25, 0.3) is 0 Å². The van der Waals surface area contributed by atoms with Crippen molar-refractivity contribution < 1.29 is 15.3 Å². The molecule has 0 heterocycles. The van der Waals surface area contributed by atoms with Gasteiger partial charge in [-0.2, -0.15) is 0 Å². The molecule has 3 nitrogen and oxygen atoms in total. The van der Waals surface area contributed by atoms with Gasteiger partial charge < -0.3 is 15.3 Å². The van der Waals surface area contributed by atoms with Crippen LogP contribution in [-0.2, 0) is 0 Å². The summed E-state index contributed by atoms with van der Waals surface area (Å²) < 4.78 is -6.88. The lowest BCUT2D eigenvalue weighted by molar-refractivity contribution is 0.196. The van der Waals surface area contributed by atoms with Crippen LogP contribution in [0.2, 0.25) is 0 Å². The second-order valence-electron chi connectivity index (χ2n) is 3.19. The number of aliphatic hydroxyl groups excluding tert-OH is 3. The quantitative estimate of drug-likeness (QED) is 0.415. The summed E-state index contributed by atoms with van der Waals surface area (Å²) in [6, 6.07) is 0. The molecule has 3 atom stereocenters. The Hall–Kier alpha value is 2.92. The van der Waals surface area contributed by atoms with Gasteiger partial charge in [0.2, 0.25) is 11.4 Å². The third-order valence-corrected chi connectivity index (χ3v) is 7.81. The van der Waals surface area contributed by atoms with Crippen molar-refractivity contribution >= 4 is 112 Å². The van der Waals surface area contributed by atoms with Crippen molar-refractivity contribution in [3.05, 3.63) is 0 Å². The first kappa shape index (κ1) is 21.9. The first-order valence-corrected chi connectivity index (χ1v) is 9.07. The highest BCUT2D eigenvalue weighted by atomic mass is 35.6. The van der Waals surface area contributed by atoms with Gasteiger partial charge in [0, 0.05) is 0 Å². The summed E-state index contributed by atoms with van der Waals surface area (Å²) in [6.07, 6.45) is 0. The molecule has 0 aliphatic carbocycles. The van der Waals surface area contributed by atoms with Gasteiger partial charge in [0.05, 0.1) is 0 Å². The second-order valence-corrected chi connectivity index (χ2v) is 12.7. The van der Waals surface area contributed by atoms with Crippen LogP contribution in [-0.4, -0.2) is 44.2 Å².